The largest absolute Gasteiger partial charge is 0.293 e. The molecule has 6 nitrogen and oxygen atoms in total. The van der Waals surface area contributed by atoms with Crippen molar-refractivity contribution in [3.05, 3.63) is 101 Å². The van der Waals surface area contributed by atoms with Crippen LogP contribution < -0.4 is 0 Å². The molecule has 0 fully saturated rings. The van der Waals surface area contributed by atoms with Crippen LogP contribution in [0.2, 0.25) is 5.02 Å². The average Bonchev–Trinajstić information content (AvgIpc) is 3.20. The molecule has 1 aromatic heterocycles. The molecule has 162 valence electrons. The molecule has 0 saturated heterocycles. The Bertz CT molecular complexity index is 1320. The molecule has 0 aliphatic carbocycles. The lowest BCUT2D eigenvalue weighted by Crippen LogP contribution is -2.11. The zero-order valence-corrected chi connectivity index (χ0v) is 19.1. The van der Waals surface area contributed by atoms with Crippen LogP contribution in [0.1, 0.15) is 16.2 Å². The molecule has 0 bridgehead atoms. The third kappa shape index (κ3) is 5.09. The number of benzene rings is 3. The summed E-state index contributed by atoms with van der Waals surface area (Å²) in [6.45, 7) is 0. The zero-order chi connectivity index (χ0) is 22.6. The maximum absolute atomic E-state index is 12.9. The molecular formula is C23H18ClN3O3S2. The van der Waals surface area contributed by atoms with Gasteiger partial charge in [-0.1, -0.05) is 59.8 Å². The van der Waals surface area contributed by atoms with Gasteiger partial charge in [0.2, 0.25) is 0 Å². The molecule has 9 heteroatoms. The predicted molar refractivity (Wildman–Crippen MR) is 125 cm³/mol. The molecule has 3 aromatic carbocycles. The number of para-hydroxylation sites is 1. The van der Waals surface area contributed by atoms with Gasteiger partial charge in [0.1, 0.15) is 5.75 Å². The minimum absolute atomic E-state index is 0.0901. The van der Waals surface area contributed by atoms with Crippen molar-refractivity contribution < 1.29 is 13.2 Å². The second kappa shape index (κ2) is 9.68. The van der Waals surface area contributed by atoms with Crippen molar-refractivity contribution in [1.29, 1.82) is 0 Å². The van der Waals surface area contributed by atoms with E-state index in [1.807, 2.05) is 30.3 Å². The van der Waals surface area contributed by atoms with Crippen LogP contribution in [-0.2, 0) is 15.6 Å². The summed E-state index contributed by atoms with van der Waals surface area (Å²) >= 11 is 7.09. The van der Waals surface area contributed by atoms with Crippen molar-refractivity contribution in [2.45, 2.75) is 15.8 Å². The van der Waals surface area contributed by atoms with E-state index in [1.54, 1.807) is 59.2 Å². The lowest BCUT2D eigenvalue weighted by molar-refractivity contribution is 0.102. The molecule has 0 aliphatic rings. The van der Waals surface area contributed by atoms with Gasteiger partial charge >= 0.3 is 0 Å². The fraction of sp³-hybridized carbons (Fsp3) is 0.0870. The summed E-state index contributed by atoms with van der Waals surface area (Å²) in [7, 11) is -3.62. The second-order valence-electron chi connectivity index (χ2n) is 6.86. The Morgan fingerprint density at radius 2 is 1.50 bits per heavy atom. The maximum Gasteiger partial charge on any atom is 0.196 e. The minimum atomic E-state index is -3.62. The monoisotopic (exact) mass is 483 g/mol. The first-order valence-corrected chi connectivity index (χ1v) is 12.6. The summed E-state index contributed by atoms with van der Waals surface area (Å²) in [5.41, 5.74) is 1.26. The van der Waals surface area contributed by atoms with Crippen molar-refractivity contribution in [1.82, 2.24) is 14.8 Å². The number of thioether (sulfide) groups is 1. The summed E-state index contributed by atoms with van der Waals surface area (Å²) in [5.74, 6) is -0.00273. The maximum atomic E-state index is 12.9. The molecule has 32 heavy (non-hydrogen) atoms. The lowest BCUT2D eigenvalue weighted by atomic mass is 10.1. The Morgan fingerprint density at radius 1 is 0.875 bits per heavy atom. The van der Waals surface area contributed by atoms with E-state index in [1.165, 1.54) is 11.8 Å². The van der Waals surface area contributed by atoms with E-state index in [-0.39, 0.29) is 28.0 Å². The van der Waals surface area contributed by atoms with Crippen molar-refractivity contribution in [2.24, 2.45) is 0 Å². The molecule has 0 N–H and O–H groups in total. The number of rotatable bonds is 8. The minimum Gasteiger partial charge on any atom is -0.293 e. The SMILES string of the molecule is O=C(CSc1nnc(CS(=O)(=O)c2ccccc2)n1-c1ccccc1)c1ccc(Cl)cc1. The zero-order valence-electron chi connectivity index (χ0n) is 16.8. The summed E-state index contributed by atoms with van der Waals surface area (Å²) in [6.07, 6.45) is 0. The number of ketones is 1. The van der Waals surface area contributed by atoms with Gasteiger partial charge < -0.3 is 0 Å². The number of aromatic nitrogens is 3. The Labute approximate surface area is 195 Å². The summed E-state index contributed by atoms with van der Waals surface area (Å²) in [6, 6.07) is 24.1. The topological polar surface area (TPSA) is 81.9 Å². The van der Waals surface area contributed by atoms with Crippen LogP contribution in [-0.4, -0.2) is 34.7 Å². The first-order valence-electron chi connectivity index (χ1n) is 9.63. The molecular weight excluding hydrogens is 466 g/mol. The molecule has 4 rings (SSSR count). The fourth-order valence-electron chi connectivity index (χ4n) is 3.05. The van der Waals surface area contributed by atoms with Gasteiger partial charge in [-0.15, -0.1) is 10.2 Å². The van der Waals surface area contributed by atoms with Crippen LogP contribution >= 0.6 is 23.4 Å². The van der Waals surface area contributed by atoms with Crippen LogP contribution in [0.25, 0.3) is 5.69 Å². The van der Waals surface area contributed by atoms with Gasteiger partial charge in [0.15, 0.2) is 26.6 Å². The Morgan fingerprint density at radius 3 is 2.16 bits per heavy atom. The fourth-order valence-corrected chi connectivity index (χ4v) is 5.31. The van der Waals surface area contributed by atoms with Gasteiger partial charge in [-0.3, -0.25) is 9.36 Å². The van der Waals surface area contributed by atoms with Gasteiger partial charge in [0.05, 0.1) is 10.6 Å². The molecule has 0 amide bonds. The number of nitrogens with zero attached hydrogens (tertiary/aromatic N) is 3. The van der Waals surface area contributed by atoms with Crippen LogP contribution in [0.4, 0.5) is 0 Å². The molecule has 0 saturated carbocycles. The highest BCUT2D eigenvalue weighted by Gasteiger charge is 2.23. The average molecular weight is 484 g/mol. The van der Waals surface area contributed by atoms with Crippen molar-refractivity contribution in [2.75, 3.05) is 5.75 Å². The van der Waals surface area contributed by atoms with E-state index in [9.17, 15) is 13.2 Å². The van der Waals surface area contributed by atoms with Gasteiger partial charge in [-0.2, -0.15) is 0 Å². The van der Waals surface area contributed by atoms with Gasteiger partial charge in [0, 0.05) is 16.3 Å². The standard InChI is InChI=1S/C23H18ClN3O3S2/c24-18-13-11-17(12-14-18)21(28)15-31-23-26-25-22(27(23)19-7-3-1-4-8-19)16-32(29,30)20-9-5-2-6-10-20/h1-14H,15-16H2. The molecule has 0 unspecified atom stereocenters. The molecule has 1 heterocycles. The van der Waals surface area contributed by atoms with Crippen LogP contribution in [0.3, 0.4) is 0 Å². The molecule has 0 aliphatic heterocycles. The summed E-state index contributed by atoms with van der Waals surface area (Å²) in [5, 5.41) is 9.34. The number of carbonyl (C=O) groups is 1. The smallest absolute Gasteiger partial charge is 0.196 e. The normalized spacial score (nSPS) is 11.4. The summed E-state index contributed by atoms with van der Waals surface area (Å²) < 4.78 is 27.5. The second-order valence-corrected chi connectivity index (χ2v) is 10.2. The molecule has 0 radical (unpaired) electrons. The van der Waals surface area contributed by atoms with E-state index in [2.05, 4.69) is 10.2 Å². The van der Waals surface area contributed by atoms with Gasteiger partial charge in [-0.05, 0) is 48.5 Å². The number of hydrogen-bond acceptors (Lipinski definition) is 6. The Kier molecular flexibility index (Phi) is 6.74. The van der Waals surface area contributed by atoms with E-state index >= 15 is 0 Å². The molecule has 4 aromatic rings. The van der Waals surface area contributed by atoms with Crippen molar-refractivity contribution in [3.8, 4) is 5.69 Å². The van der Waals surface area contributed by atoms with Crippen LogP contribution in [0.15, 0.2) is 95.0 Å². The lowest BCUT2D eigenvalue weighted by Gasteiger charge is -2.10. The van der Waals surface area contributed by atoms with E-state index in [0.29, 0.717) is 15.7 Å². The quantitative estimate of drug-likeness (QED) is 0.262. The van der Waals surface area contributed by atoms with Crippen molar-refractivity contribution in [3.63, 3.8) is 0 Å². The first kappa shape index (κ1) is 22.3. The highest BCUT2D eigenvalue weighted by atomic mass is 35.5. The molecule has 0 atom stereocenters. The highest BCUT2D eigenvalue weighted by Crippen LogP contribution is 2.25. The van der Waals surface area contributed by atoms with E-state index < -0.39 is 9.84 Å². The Hall–Kier alpha value is -2.94. The number of halogens is 1. The summed E-state index contributed by atoms with van der Waals surface area (Å²) in [4.78, 5) is 12.8. The number of carbonyl (C=O) groups excluding carboxylic acids is 1. The van der Waals surface area contributed by atoms with E-state index in [0.717, 1.165) is 5.69 Å². The van der Waals surface area contributed by atoms with Crippen LogP contribution in [0, 0.1) is 0 Å². The number of hydrogen-bond donors (Lipinski definition) is 0. The van der Waals surface area contributed by atoms with Gasteiger partial charge in [0.25, 0.3) is 0 Å². The Balaban J connectivity index is 1.63. The van der Waals surface area contributed by atoms with E-state index in [4.69, 9.17) is 11.6 Å². The van der Waals surface area contributed by atoms with Gasteiger partial charge in [-0.25, -0.2) is 8.42 Å². The first-order chi connectivity index (χ1) is 15.4. The van der Waals surface area contributed by atoms with Crippen LogP contribution in [0.5, 0.6) is 0 Å². The highest BCUT2D eigenvalue weighted by molar-refractivity contribution is 7.99. The third-order valence-electron chi connectivity index (χ3n) is 4.63. The third-order valence-corrected chi connectivity index (χ3v) is 7.44. The van der Waals surface area contributed by atoms with Crippen molar-refractivity contribution >= 4 is 39.0 Å². The number of sulfone groups is 1. The predicted octanol–water partition coefficient (Wildman–Crippen LogP) is 4.87. The molecule has 0 spiro atoms. The number of Topliss-reactive ketones (excluding diaryl/α,β-unsaturated/α-hetero) is 1.